The summed E-state index contributed by atoms with van der Waals surface area (Å²) < 4.78 is 0. The molecule has 0 radical (unpaired) electrons. The lowest BCUT2D eigenvalue weighted by Gasteiger charge is -2.45. The SMILES string of the molecule is CCN1C(=O)N(C)c2cnc(Nc3ccc(C(=O)NCc4cccs4)cc3)nc2N1C1CCCC1. The van der Waals surface area contributed by atoms with Crippen LogP contribution in [-0.2, 0) is 6.54 Å². The molecule has 2 N–H and O–H groups in total. The highest BCUT2D eigenvalue weighted by Crippen LogP contribution is 2.38. The Hall–Kier alpha value is -3.66. The first-order chi connectivity index (χ1) is 17.0. The van der Waals surface area contributed by atoms with Crippen molar-refractivity contribution in [3.8, 4) is 0 Å². The molecule has 3 aromatic rings. The zero-order chi connectivity index (χ0) is 24.4. The van der Waals surface area contributed by atoms with Gasteiger partial charge in [-0.25, -0.2) is 14.8 Å². The van der Waals surface area contributed by atoms with E-state index in [0.717, 1.165) is 42.1 Å². The molecule has 1 aliphatic carbocycles. The van der Waals surface area contributed by atoms with Crippen molar-refractivity contribution in [2.24, 2.45) is 0 Å². The molecule has 182 valence electrons. The number of amides is 3. The van der Waals surface area contributed by atoms with E-state index >= 15 is 0 Å². The molecular formula is C25H29N7O2S. The van der Waals surface area contributed by atoms with E-state index in [2.05, 4.69) is 20.6 Å². The number of carbonyl (C=O) groups excluding carboxylic acids is 2. The van der Waals surface area contributed by atoms with Gasteiger partial charge >= 0.3 is 6.03 Å². The van der Waals surface area contributed by atoms with Crippen molar-refractivity contribution in [3.05, 3.63) is 58.4 Å². The number of nitrogens with zero attached hydrogens (tertiary/aromatic N) is 5. The van der Waals surface area contributed by atoms with E-state index in [4.69, 9.17) is 4.98 Å². The van der Waals surface area contributed by atoms with Gasteiger partial charge in [0.05, 0.1) is 18.8 Å². The molecule has 0 spiro atoms. The fourth-order valence-corrected chi connectivity index (χ4v) is 5.28. The van der Waals surface area contributed by atoms with Crippen LogP contribution >= 0.6 is 11.3 Å². The Kier molecular flexibility index (Phi) is 6.54. The molecule has 35 heavy (non-hydrogen) atoms. The van der Waals surface area contributed by atoms with Crippen LogP contribution < -0.4 is 20.5 Å². The first-order valence-corrected chi connectivity index (χ1v) is 12.8. The highest BCUT2D eigenvalue weighted by Gasteiger charge is 2.39. The topological polar surface area (TPSA) is 93.7 Å². The fraction of sp³-hybridized carbons (Fsp3) is 0.360. The summed E-state index contributed by atoms with van der Waals surface area (Å²) in [6, 6.07) is 11.4. The number of fused-ring (bicyclic) bond motifs is 1. The average molecular weight is 492 g/mol. The van der Waals surface area contributed by atoms with Gasteiger partial charge in [0.15, 0.2) is 5.82 Å². The first-order valence-electron chi connectivity index (χ1n) is 11.9. The maximum atomic E-state index is 13.0. The monoisotopic (exact) mass is 491 g/mol. The number of anilines is 4. The number of nitrogens with one attached hydrogen (secondary N) is 2. The van der Waals surface area contributed by atoms with E-state index in [9.17, 15) is 9.59 Å². The Morgan fingerprint density at radius 3 is 2.63 bits per heavy atom. The van der Waals surface area contributed by atoms with Crippen molar-refractivity contribution < 1.29 is 9.59 Å². The Balaban J connectivity index is 1.33. The van der Waals surface area contributed by atoms with Gasteiger partial charge < -0.3 is 10.6 Å². The van der Waals surface area contributed by atoms with E-state index in [0.29, 0.717) is 30.3 Å². The third kappa shape index (κ3) is 4.66. The second-order valence-electron chi connectivity index (χ2n) is 8.71. The van der Waals surface area contributed by atoms with Crippen LogP contribution in [0.3, 0.4) is 0 Å². The predicted molar refractivity (Wildman–Crippen MR) is 138 cm³/mol. The minimum Gasteiger partial charge on any atom is -0.347 e. The fourth-order valence-electron chi connectivity index (χ4n) is 4.64. The lowest BCUT2D eigenvalue weighted by molar-refractivity contribution is 0.0951. The predicted octanol–water partition coefficient (Wildman–Crippen LogP) is 4.77. The molecule has 9 nitrogen and oxygen atoms in total. The number of hydrazine groups is 1. The van der Waals surface area contributed by atoms with Crippen molar-refractivity contribution in [1.29, 1.82) is 0 Å². The highest BCUT2D eigenvalue weighted by atomic mass is 32.1. The average Bonchev–Trinajstić information content (AvgIpc) is 3.60. The lowest BCUT2D eigenvalue weighted by atomic mass is 10.2. The Labute approximate surface area is 208 Å². The van der Waals surface area contributed by atoms with Crippen LogP contribution in [-0.4, -0.2) is 46.5 Å². The number of thiophene rings is 1. The van der Waals surface area contributed by atoms with Crippen LogP contribution in [0.15, 0.2) is 48.0 Å². The van der Waals surface area contributed by atoms with Crippen molar-refractivity contribution in [3.63, 3.8) is 0 Å². The molecule has 1 aromatic carbocycles. The smallest absolute Gasteiger partial charge is 0.343 e. The van der Waals surface area contributed by atoms with Crippen molar-refractivity contribution in [2.75, 3.05) is 28.8 Å². The second kappa shape index (κ2) is 9.91. The van der Waals surface area contributed by atoms with Crippen LogP contribution in [0, 0.1) is 0 Å². The lowest BCUT2D eigenvalue weighted by Crippen LogP contribution is -2.59. The molecule has 1 aliphatic heterocycles. The summed E-state index contributed by atoms with van der Waals surface area (Å²) in [5, 5.41) is 12.0. The maximum absolute atomic E-state index is 13.0. The molecule has 5 rings (SSSR count). The number of aromatic nitrogens is 2. The number of rotatable bonds is 7. The van der Waals surface area contributed by atoms with Gasteiger partial charge in [-0.3, -0.25) is 14.7 Å². The summed E-state index contributed by atoms with van der Waals surface area (Å²) in [5.74, 6) is 1.07. The molecule has 0 bridgehead atoms. The van der Waals surface area contributed by atoms with Gasteiger partial charge in [-0.1, -0.05) is 18.9 Å². The van der Waals surface area contributed by atoms with Crippen LogP contribution in [0.5, 0.6) is 0 Å². The van der Waals surface area contributed by atoms with Crippen LogP contribution in [0.25, 0.3) is 0 Å². The van der Waals surface area contributed by atoms with E-state index in [-0.39, 0.29) is 18.0 Å². The minimum absolute atomic E-state index is 0.0656. The Bertz CT molecular complexity index is 1190. The molecule has 0 unspecified atom stereocenters. The number of carbonyl (C=O) groups is 2. The molecule has 3 heterocycles. The van der Waals surface area contributed by atoms with Gasteiger partial charge in [0, 0.05) is 29.7 Å². The minimum atomic E-state index is -0.116. The van der Waals surface area contributed by atoms with Gasteiger partial charge in [0.25, 0.3) is 5.91 Å². The normalized spacial score (nSPS) is 15.9. The van der Waals surface area contributed by atoms with Gasteiger partial charge in [-0.2, -0.15) is 4.98 Å². The third-order valence-corrected chi connectivity index (χ3v) is 7.35. The summed E-state index contributed by atoms with van der Waals surface area (Å²) in [6.45, 7) is 3.07. The number of hydrogen-bond acceptors (Lipinski definition) is 7. The standard InChI is InChI=1S/C25H29N7O2S/c1-3-31-25(34)30(2)21-16-27-24(29-22(21)32(31)19-7-4-5-8-19)28-18-12-10-17(11-13-18)23(33)26-15-20-9-6-14-35-20/h6,9-14,16,19H,3-5,7-8,15H2,1-2H3,(H,26,33)(H,27,28,29). The van der Waals surface area contributed by atoms with Crippen LogP contribution in [0.2, 0.25) is 0 Å². The molecule has 1 saturated carbocycles. The van der Waals surface area contributed by atoms with Crippen LogP contribution in [0.4, 0.5) is 27.9 Å². The highest BCUT2D eigenvalue weighted by molar-refractivity contribution is 7.09. The summed E-state index contributed by atoms with van der Waals surface area (Å²) in [6.07, 6.45) is 6.08. The van der Waals surface area contributed by atoms with E-state index in [1.807, 2.05) is 36.6 Å². The van der Waals surface area contributed by atoms with Gasteiger partial charge in [0.1, 0.15) is 5.69 Å². The summed E-state index contributed by atoms with van der Waals surface area (Å²) in [4.78, 5) is 37.4. The molecule has 2 aliphatic rings. The Morgan fingerprint density at radius 2 is 1.94 bits per heavy atom. The van der Waals surface area contributed by atoms with E-state index < -0.39 is 0 Å². The summed E-state index contributed by atoms with van der Waals surface area (Å²) in [5.41, 5.74) is 2.07. The molecular weight excluding hydrogens is 462 g/mol. The summed E-state index contributed by atoms with van der Waals surface area (Å²) >= 11 is 1.62. The van der Waals surface area contributed by atoms with E-state index in [1.165, 1.54) is 0 Å². The van der Waals surface area contributed by atoms with Gasteiger partial charge in [0.2, 0.25) is 5.95 Å². The van der Waals surface area contributed by atoms with Crippen molar-refractivity contribution >= 4 is 46.4 Å². The van der Waals surface area contributed by atoms with E-state index in [1.54, 1.807) is 46.6 Å². The molecule has 10 heteroatoms. The first kappa shape index (κ1) is 23.1. The number of hydrogen-bond donors (Lipinski definition) is 2. The van der Waals surface area contributed by atoms with Crippen molar-refractivity contribution in [1.82, 2.24) is 20.3 Å². The zero-order valence-corrected chi connectivity index (χ0v) is 20.7. The molecule has 3 amide bonds. The largest absolute Gasteiger partial charge is 0.347 e. The third-order valence-electron chi connectivity index (χ3n) is 6.47. The maximum Gasteiger partial charge on any atom is 0.343 e. The molecule has 1 fully saturated rings. The van der Waals surface area contributed by atoms with Crippen molar-refractivity contribution in [2.45, 2.75) is 45.2 Å². The van der Waals surface area contributed by atoms with Crippen LogP contribution in [0.1, 0.15) is 47.8 Å². The molecule has 0 saturated heterocycles. The Morgan fingerprint density at radius 1 is 1.17 bits per heavy atom. The number of benzene rings is 1. The summed E-state index contributed by atoms with van der Waals surface area (Å²) in [7, 11) is 1.76. The molecule has 0 atom stereocenters. The van der Waals surface area contributed by atoms with Gasteiger partial charge in [-0.15, -0.1) is 11.3 Å². The number of urea groups is 1. The quantitative estimate of drug-likeness (QED) is 0.495. The zero-order valence-electron chi connectivity index (χ0n) is 19.9. The van der Waals surface area contributed by atoms with Gasteiger partial charge in [-0.05, 0) is 55.5 Å². The second-order valence-corrected chi connectivity index (χ2v) is 9.74. The molecule has 2 aromatic heterocycles.